The summed E-state index contributed by atoms with van der Waals surface area (Å²) in [6, 6.07) is 0.726. The molecule has 0 radical (unpaired) electrons. The van der Waals surface area contributed by atoms with Crippen molar-refractivity contribution >= 4 is 16.5 Å². The van der Waals surface area contributed by atoms with Crippen LogP contribution in [0.15, 0.2) is 0 Å². The van der Waals surface area contributed by atoms with Gasteiger partial charge in [0, 0.05) is 24.0 Å². The lowest BCUT2D eigenvalue weighted by Crippen LogP contribution is -2.29. The normalized spacial score (nSPS) is 16.9. The topological polar surface area (TPSA) is 42.2 Å². The molecule has 0 saturated heterocycles. The van der Waals surface area contributed by atoms with Crippen LogP contribution in [0.25, 0.3) is 0 Å². The average molecular weight is 281 g/mol. The van der Waals surface area contributed by atoms with E-state index in [4.69, 9.17) is 10.7 Å². The maximum absolute atomic E-state index is 5.90. The van der Waals surface area contributed by atoms with Crippen LogP contribution in [0.3, 0.4) is 0 Å². The molecular formula is C15H27N3S. The molecule has 1 aromatic heterocycles. The molecule has 2 rings (SSSR count). The van der Waals surface area contributed by atoms with Gasteiger partial charge in [-0.3, -0.25) is 0 Å². The minimum Gasteiger partial charge on any atom is -0.345 e. The highest BCUT2D eigenvalue weighted by Crippen LogP contribution is 2.38. The van der Waals surface area contributed by atoms with Crippen LogP contribution in [0.4, 0.5) is 5.13 Å². The Morgan fingerprint density at radius 3 is 2.53 bits per heavy atom. The highest BCUT2D eigenvalue weighted by molar-refractivity contribution is 7.15. The van der Waals surface area contributed by atoms with E-state index < -0.39 is 0 Å². The zero-order valence-electron chi connectivity index (χ0n) is 12.6. The fourth-order valence-corrected chi connectivity index (χ4v) is 3.50. The predicted octanol–water partition coefficient (Wildman–Crippen LogP) is 3.74. The van der Waals surface area contributed by atoms with Crippen molar-refractivity contribution in [3.05, 3.63) is 10.6 Å². The Morgan fingerprint density at radius 1 is 1.37 bits per heavy atom. The molecule has 1 fully saturated rings. The molecular weight excluding hydrogens is 254 g/mol. The smallest absolute Gasteiger partial charge is 0.186 e. The van der Waals surface area contributed by atoms with Gasteiger partial charge in [-0.25, -0.2) is 4.98 Å². The number of anilines is 1. The van der Waals surface area contributed by atoms with Gasteiger partial charge < -0.3 is 10.6 Å². The standard InChI is InChI=1S/C15H27N3S/c1-5-11(4)14-13(8-16)19-15(17-14)18(9-10(2)3)12-6-7-12/h10-12H,5-9,16H2,1-4H3. The Hall–Kier alpha value is -0.610. The van der Waals surface area contributed by atoms with E-state index in [1.54, 1.807) is 0 Å². The molecule has 1 aromatic rings. The second kappa shape index (κ2) is 6.23. The van der Waals surface area contributed by atoms with E-state index in [9.17, 15) is 0 Å². The van der Waals surface area contributed by atoms with Gasteiger partial charge in [0.2, 0.25) is 0 Å². The summed E-state index contributed by atoms with van der Waals surface area (Å²) >= 11 is 1.81. The molecule has 19 heavy (non-hydrogen) atoms. The number of aromatic nitrogens is 1. The summed E-state index contributed by atoms with van der Waals surface area (Å²) in [7, 11) is 0. The second-order valence-electron chi connectivity index (χ2n) is 6.10. The molecule has 0 aliphatic heterocycles. The number of thiazole rings is 1. The van der Waals surface area contributed by atoms with Gasteiger partial charge in [0.05, 0.1) is 5.69 Å². The molecule has 1 aliphatic rings. The van der Waals surface area contributed by atoms with E-state index in [2.05, 4.69) is 32.6 Å². The first kappa shape index (κ1) is 14.8. The van der Waals surface area contributed by atoms with Gasteiger partial charge in [-0.1, -0.05) is 27.7 Å². The van der Waals surface area contributed by atoms with Crippen molar-refractivity contribution in [1.29, 1.82) is 0 Å². The van der Waals surface area contributed by atoms with Gasteiger partial charge in [0.1, 0.15) is 0 Å². The Labute approximate surface area is 121 Å². The molecule has 2 N–H and O–H groups in total. The highest BCUT2D eigenvalue weighted by atomic mass is 32.1. The van der Waals surface area contributed by atoms with Crippen molar-refractivity contribution in [2.75, 3.05) is 11.4 Å². The molecule has 0 amide bonds. The van der Waals surface area contributed by atoms with E-state index in [1.165, 1.54) is 28.5 Å². The quantitative estimate of drug-likeness (QED) is 0.828. The van der Waals surface area contributed by atoms with E-state index >= 15 is 0 Å². The molecule has 3 nitrogen and oxygen atoms in total. The summed E-state index contributed by atoms with van der Waals surface area (Å²) in [5.41, 5.74) is 7.14. The van der Waals surface area contributed by atoms with Gasteiger partial charge >= 0.3 is 0 Å². The van der Waals surface area contributed by atoms with Crippen molar-refractivity contribution in [3.8, 4) is 0 Å². The Balaban J connectivity index is 2.24. The van der Waals surface area contributed by atoms with E-state index in [0.29, 0.717) is 18.4 Å². The van der Waals surface area contributed by atoms with Crippen LogP contribution in [-0.2, 0) is 6.54 Å². The summed E-state index contributed by atoms with van der Waals surface area (Å²) in [6.45, 7) is 10.8. The van der Waals surface area contributed by atoms with Crippen molar-refractivity contribution in [3.63, 3.8) is 0 Å². The number of hydrogen-bond acceptors (Lipinski definition) is 4. The van der Waals surface area contributed by atoms with Gasteiger partial charge in [-0.15, -0.1) is 11.3 Å². The molecule has 108 valence electrons. The fraction of sp³-hybridized carbons (Fsp3) is 0.800. The molecule has 1 heterocycles. The van der Waals surface area contributed by atoms with Crippen LogP contribution in [0.1, 0.15) is 63.4 Å². The van der Waals surface area contributed by atoms with E-state index in [0.717, 1.165) is 19.0 Å². The van der Waals surface area contributed by atoms with E-state index in [1.807, 2.05) is 11.3 Å². The van der Waals surface area contributed by atoms with E-state index in [-0.39, 0.29) is 0 Å². The summed E-state index contributed by atoms with van der Waals surface area (Å²) in [5, 5.41) is 1.20. The molecule has 0 aromatic carbocycles. The van der Waals surface area contributed by atoms with Crippen molar-refractivity contribution in [1.82, 2.24) is 4.98 Å². The fourth-order valence-electron chi connectivity index (χ4n) is 2.36. The minimum absolute atomic E-state index is 0.517. The van der Waals surface area contributed by atoms with Crippen LogP contribution in [0, 0.1) is 5.92 Å². The lowest BCUT2D eigenvalue weighted by molar-refractivity contribution is 0.604. The molecule has 1 unspecified atom stereocenters. The summed E-state index contributed by atoms with van der Waals surface area (Å²) < 4.78 is 0. The third-order valence-corrected chi connectivity index (χ3v) is 4.91. The van der Waals surface area contributed by atoms with Gasteiger partial charge in [-0.05, 0) is 31.1 Å². The number of rotatable bonds is 7. The summed E-state index contributed by atoms with van der Waals surface area (Å²) in [5.74, 6) is 1.20. The van der Waals surface area contributed by atoms with Crippen LogP contribution in [0.2, 0.25) is 0 Å². The monoisotopic (exact) mass is 281 g/mol. The predicted molar refractivity (Wildman–Crippen MR) is 83.9 cm³/mol. The number of nitrogens with two attached hydrogens (primary N) is 1. The maximum atomic E-state index is 5.90. The molecule has 0 spiro atoms. The highest BCUT2D eigenvalue weighted by Gasteiger charge is 2.32. The zero-order valence-corrected chi connectivity index (χ0v) is 13.5. The first-order chi connectivity index (χ1) is 9.06. The largest absolute Gasteiger partial charge is 0.345 e. The molecule has 1 aliphatic carbocycles. The Morgan fingerprint density at radius 2 is 2.05 bits per heavy atom. The number of hydrogen-bond donors (Lipinski definition) is 1. The minimum atomic E-state index is 0.517. The zero-order chi connectivity index (χ0) is 14.0. The first-order valence-electron chi connectivity index (χ1n) is 7.53. The number of nitrogens with zero attached hydrogens (tertiary/aromatic N) is 2. The average Bonchev–Trinajstić information content (AvgIpc) is 3.13. The van der Waals surface area contributed by atoms with Crippen LogP contribution in [-0.4, -0.2) is 17.6 Å². The third kappa shape index (κ3) is 3.48. The second-order valence-corrected chi connectivity index (χ2v) is 7.16. The molecule has 1 atom stereocenters. The van der Waals surface area contributed by atoms with Gasteiger partial charge in [-0.2, -0.15) is 0 Å². The summed E-state index contributed by atoms with van der Waals surface area (Å²) in [6.07, 6.45) is 3.77. The van der Waals surface area contributed by atoms with Crippen molar-refractivity contribution in [2.24, 2.45) is 11.7 Å². The lowest BCUT2D eigenvalue weighted by Gasteiger charge is -2.23. The van der Waals surface area contributed by atoms with Crippen molar-refractivity contribution in [2.45, 2.75) is 65.5 Å². The summed E-state index contributed by atoms with van der Waals surface area (Å²) in [4.78, 5) is 8.72. The maximum Gasteiger partial charge on any atom is 0.186 e. The first-order valence-corrected chi connectivity index (χ1v) is 8.34. The molecule has 4 heteroatoms. The van der Waals surface area contributed by atoms with Gasteiger partial charge in [0.15, 0.2) is 5.13 Å². The van der Waals surface area contributed by atoms with Crippen molar-refractivity contribution < 1.29 is 0 Å². The SMILES string of the molecule is CCC(C)c1nc(N(CC(C)C)C2CC2)sc1CN. The Kier molecular flexibility index (Phi) is 4.85. The molecule has 0 bridgehead atoms. The van der Waals surface area contributed by atoms with Gasteiger partial charge in [0.25, 0.3) is 0 Å². The Bertz CT molecular complexity index is 410. The molecule has 1 saturated carbocycles. The third-order valence-electron chi connectivity index (χ3n) is 3.78. The van der Waals surface area contributed by atoms with Crippen LogP contribution < -0.4 is 10.6 Å². The van der Waals surface area contributed by atoms with Crippen LogP contribution >= 0.6 is 11.3 Å². The van der Waals surface area contributed by atoms with Crippen LogP contribution in [0.5, 0.6) is 0 Å². The lowest BCUT2D eigenvalue weighted by atomic mass is 10.0.